The largest absolute Gasteiger partial charge is 0.411 e. The first-order valence-electron chi connectivity index (χ1n) is 4.34. The third kappa shape index (κ3) is 4.36. The van der Waals surface area contributed by atoms with Crippen LogP contribution in [-0.4, -0.2) is 29.2 Å². The van der Waals surface area contributed by atoms with Gasteiger partial charge in [-0.15, -0.1) is 0 Å². The molecule has 0 spiro atoms. The smallest absolute Gasteiger partial charge is 0.366 e. The molecule has 92 valence electrons. The van der Waals surface area contributed by atoms with Gasteiger partial charge < -0.3 is 4.74 Å². The highest BCUT2D eigenvalue weighted by Crippen LogP contribution is 2.18. The summed E-state index contributed by atoms with van der Waals surface area (Å²) in [6, 6.07) is 0. The zero-order valence-corrected chi connectivity index (χ0v) is 8.85. The summed E-state index contributed by atoms with van der Waals surface area (Å²) in [5, 5.41) is 3.93. The minimum absolute atomic E-state index is 0.0129. The van der Waals surface area contributed by atoms with E-state index >= 15 is 0 Å². The predicted molar refractivity (Wildman–Crippen MR) is 48.9 cm³/mol. The second-order valence-corrected chi connectivity index (χ2v) is 3.39. The molecule has 0 aliphatic heterocycles. The molecule has 0 aliphatic carbocycles. The van der Waals surface area contributed by atoms with E-state index in [2.05, 4.69) is 9.84 Å². The van der Waals surface area contributed by atoms with Crippen LogP contribution in [0.3, 0.4) is 0 Å². The van der Waals surface area contributed by atoms with Gasteiger partial charge in [-0.1, -0.05) is 11.6 Å². The highest BCUT2D eigenvalue weighted by molar-refractivity contribution is 6.31. The number of rotatable bonds is 5. The van der Waals surface area contributed by atoms with Gasteiger partial charge in [-0.05, 0) is 0 Å². The highest BCUT2D eigenvalue weighted by Gasteiger charge is 2.27. The fourth-order valence-corrected chi connectivity index (χ4v) is 1.20. The first kappa shape index (κ1) is 13.2. The summed E-state index contributed by atoms with van der Waals surface area (Å²) in [6.45, 7) is -2.32. The summed E-state index contributed by atoms with van der Waals surface area (Å²) >= 11 is 5.66. The van der Waals surface area contributed by atoms with Gasteiger partial charge in [-0.2, -0.15) is 18.3 Å². The number of halogens is 5. The molecule has 1 heterocycles. The summed E-state index contributed by atoms with van der Waals surface area (Å²) in [5.74, 6) is 0. The highest BCUT2D eigenvalue weighted by atomic mass is 35.5. The lowest BCUT2D eigenvalue weighted by Crippen LogP contribution is -2.17. The molecule has 0 atom stereocenters. The van der Waals surface area contributed by atoms with E-state index < -0.39 is 19.5 Å². The van der Waals surface area contributed by atoms with Crippen LogP contribution in [0.15, 0.2) is 6.20 Å². The number of nitrogens with zero attached hydrogens (tertiary/aromatic N) is 2. The summed E-state index contributed by atoms with van der Waals surface area (Å²) in [6.07, 6.45) is -3.04. The van der Waals surface area contributed by atoms with Crippen LogP contribution in [0.4, 0.5) is 17.6 Å². The number of hydrogen-bond acceptors (Lipinski definition) is 2. The molecule has 0 fully saturated rings. The SMILES string of the molecule is FCCn1cc(Cl)c(COCC(F)(F)F)n1. The molecule has 1 aromatic rings. The van der Waals surface area contributed by atoms with Gasteiger partial charge in [-0.3, -0.25) is 4.68 Å². The number of ether oxygens (including phenoxy) is 1. The first-order chi connectivity index (χ1) is 7.42. The van der Waals surface area contributed by atoms with Crippen LogP contribution in [0.2, 0.25) is 5.02 Å². The Morgan fingerprint density at radius 2 is 2.12 bits per heavy atom. The van der Waals surface area contributed by atoms with Gasteiger partial charge in [0, 0.05) is 6.20 Å². The molecule has 1 aromatic heterocycles. The summed E-state index contributed by atoms with van der Waals surface area (Å²) in [5.41, 5.74) is 0.166. The van der Waals surface area contributed by atoms with Crippen LogP contribution in [0, 0.1) is 0 Å². The van der Waals surface area contributed by atoms with E-state index in [9.17, 15) is 17.6 Å². The third-order valence-corrected chi connectivity index (χ3v) is 1.92. The van der Waals surface area contributed by atoms with Gasteiger partial charge in [-0.25, -0.2) is 4.39 Å². The molecule has 0 saturated heterocycles. The van der Waals surface area contributed by atoms with Crippen LogP contribution in [-0.2, 0) is 17.9 Å². The zero-order valence-electron chi connectivity index (χ0n) is 8.10. The van der Waals surface area contributed by atoms with Crippen molar-refractivity contribution in [1.82, 2.24) is 9.78 Å². The number of aryl methyl sites for hydroxylation is 1. The Balaban J connectivity index is 2.47. The van der Waals surface area contributed by atoms with Crippen molar-refractivity contribution in [1.29, 1.82) is 0 Å². The van der Waals surface area contributed by atoms with E-state index in [-0.39, 0.29) is 23.9 Å². The van der Waals surface area contributed by atoms with E-state index in [0.717, 1.165) is 0 Å². The maximum absolute atomic E-state index is 11.9. The first-order valence-corrected chi connectivity index (χ1v) is 4.72. The van der Waals surface area contributed by atoms with E-state index in [1.54, 1.807) is 0 Å². The average molecular weight is 261 g/mol. The molecule has 3 nitrogen and oxygen atoms in total. The van der Waals surface area contributed by atoms with Crippen LogP contribution >= 0.6 is 11.6 Å². The zero-order chi connectivity index (χ0) is 12.2. The topological polar surface area (TPSA) is 27.1 Å². The lowest BCUT2D eigenvalue weighted by molar-refractivity contribution is -0.176. The average Bonchev–Trinajstić information content (AvgIpc) is 2.45. The van der Waals surface area contributed by atoms with Crippen LogP contribution in [0.25, 0.3) is 0 Å². The van der Waals surface area contributed by atoms with Crippen LogP contribution < -0.4 is 0 Å². The van der Waals surface area contributed by atoms with Crippen LogP contribution in [0.5, 0.6) is 0 Å². The summed E-state index contributed by atoms with van der Waals surface area (Å²) in [4.78, 5) is 0. The van der Waals surface area contributed by atoms with Crippen molar-refractivity contribution in [2.24, 2.45) is 0 Å². The van der Waals surface area contributed by atoms with Gasteiger partial charge in [0.15, 0.2) is 0 Å². The number of alkyl halides is 4. The van der Waals surface area contributed by atoms with Crippen LogP contribution in [0.1, 0.15) is 5.69 Å². The Morgan fingerprint density at radius 1 is 1.44 bits per heavy atom. The Labute approximate surface area is 93.9 Å². The quantitative estimate of drug-likeness (QED) is 0.761. The van der Waals surface area contributed by atoms with Crippen molar-refractivity contribution in [3.05, 3.63) is 16.9 Å². The van der Waals surface area contributed by atoms with Crippen molar-refractivity contribution in [2.75, 3.05) is 13.3 Å². The molecule has 0 N–H and O–H groups in total. The Kier molecular flexibility index (Phi) is 4.55. The second-order valence-electron chi connectivity index (χ2n) is 2.98. The van der Waals surface area contributed by atoms with Crippen molar-refractivity contribution in [3.8, 4) is 0 Å². The Morgan fingerprint density at radius 3 is 2.69 bits per heavy atom. The van der Waals surface area contributed by atoms with Crippen molar-refractivity contribution in [2.45, 2.75) is 19.3 Å². The minimum atomic E-state index is -4.38. The minimum Gasteiger partial charge on any atom is -0.366 e. The molecular formula is C8H9ClF4N2O. The van der Waals surface area contributed by atoms with Crippen molar-refractivity contribution in [3.63, 3.8) is 0 Å². The van der Waals surface area contributed by atoms with Crippen molar-refractivity contribution >= 4 is 11.6 Å². The normalized spacial score (nSPS) is 12.1. The molecule has 0 aromatic carbocycles. The maximum Gasteiger partial charge on any atom is 0.411 e. The predicted octanol–water partition coefficient (Wildman–Crippen LogP) is 2.58. The number of hydrogen-bond donors (Lipinski definition) is 0. The van der Waals surface area contributed by atoms with E-state index in [0.29, 0.717) is 0 Å². The molecular weight excluding hydrogens is 252 g/mol. The van der Waals surface area contributed by atoms with Gasteiger partial charge in [0.1, 0.15) is 19.0 Å². The van der Waals surface area contributed by atoms with Gasteiger partial charge >= 0.3 is 6.18 Å². The lowest BCUT2D eigenvalue weighted by atomic mass is 10.4. The molecule has 8 heteroatoms. The Hall–Kier alpha value is -0.820. The molecule has 1 rings (SSSR count). The van der Waals surface area contributed by atoms with Gasteiger partial charge in [0.05, 0.1) is 18.2 Å². The molecule has 0 radical (unpaired) electrons. The van der Waals surface area contributed by atoms with Gasteiger partial charge in [0.2, 0.25) is 0 Å². The Bertz CT molecular complexity index is 339. The van der Waals surface area contributed by atoms with Crippen molar-refractivity contribution < 1.29 is 22.3 Å². The van der Waals surface area contributed by atoms with E-state index in [1.807, 2.05) is 0 Å². The number of aromatic nitrogens is 2. The van der Waals surface area contributed by atoms with E-state index in [1.165, 1.54) is 10.9 Å². The summed E-state index contributed by atoms with van der Waals surface area (Å²) < 4.78 is 52.8. The molecule has 0 bridgehead atoms. The molecule has 0 aliphatic rings. The second kappa shape index (κ2) is 5.49. The molecule has 0 amide bonds. The monoisotopic (exact) mass is 260 g/mol. The summed E-state index contributed by atoms with van der Waals surface area (Å²) in [7, 11) is 0. The van der Waals surface area contributed by atoms with Gasteiger partial charge in [0.25, 0.3) is 0 Å². The third-order valence-electron chi connectivity index (χ3n) is 1.61. The molecule has 0 saturated carbocycles. The fourth-order valence-electron chi connectivity index (χ4n) is 0.999. The molecule has 16 heavy (non-hydrogen) atoms. The lowest BCUT2D eigenvalue weighted by Gasteiger charge is -2.05. The maximum atomic E-state index is 11.9. The standard InChI is InChI=1S/C8H9ClF4N2O/c9-6-3-15(2-1-10)14-7(6)4-16-5-8(11,12)13/h3H,1-2,4-5H2. The van der Waals surface area contributed by atoms with E-state index in [4.69, 9.17) is 11.6 Å². The molecule has 0 unspecified atom stereocenters. The fraction of sp³-hybridized carbons (Fsp3) is 0.625.